The van der Waals surface area contributed by atoms with Gasteiger partial charge in [-0.3, -0.25) is 14.2 Å². The SMILES string of the molecule is Cc1cc(C(=O)Nc2ccc(S(=O)(=O)Nc3ccccn3)cc2)ccc1NS(C)(=O)=O. The highest BCUT2D eigenvalue weighted by Crippen LogP contribution is 2.20. The lowest BCUT2D eigenvalue weighted by Crippen LogP contribution is -2.15. The summed E-state index contributed by atoms with van der Waals surface area (Å²) in [6.45, 7) is 1.68. The Labute approximate surface area is 180 Å². The van der Waals surface area contributed by atoms with Crippen LogP contribution in [0.3, 0.4) is 0 Å². The van der Waals surface area contributed by atoms with Gasteiger partial charge in [-0.2, -0.15) is 0 Å². The Morgan fingerprint density at radius 3 is 2.19 bits per heavy atom. The van der Waals surface area contributed by atoms with E-state index in [1.807, 2.05) is 0 Å². The lowest BCUT2D eigenvalue weighted by molar-refractivity contribution is 0.102. The number of pyridine rings is 1. The summed E-state index contributed by atoms with van der Waals surface area (Å²) in [5.74, 6) is -0.222. The molecular weight excluding hydrogens is 440 g/mol. The number of hydrogen-bond donors (Lipinski definition) is 3. The van der Waals surface area contributed by atoms with E-state index in [-0.39, 0.29) is 10.7 Å². The Hall–Kier alpha value is -3.44. The zero-order valence-electron chi connectivity index (χ0n) is 16.7. The number of nitrogens with zero attached hydrogens (tertiary/aromatic N) is 1. The summed E-state index contributed by atoms with van der Waals surface area (Å²) in [6.07, 6.45) is 2.52. The number of aromatic nitrogens is 1. The first-order chi connectivity index (χ1) is 14.5. The quantitative estimate of drug-likeness (QED) is 0.496. The number of nitrogens with one attached hydrogen (secondary N) is 3. The zero-order valence-corrected chi connectivity index (χ0v) is 18.3. The fraction of sp³-hybridized carbons (Fsp3) is 0.100. The Morgan fingerprint density at radius 2 is 1.61 bits per heavy atom. The molecule has 0 atom stereocenters. The third-order valence-corrected chi connectivity index (χ3v) is 6.07. The third kappa shape index (κ3) is 6.03. The van der Waals surface area contributed by atoms with Crippen molar-refractivity contribution in [1.29, 1.82) is 0 Å². The number of hydrogen-bond acceptors (Lipinski definition) is 6. The van der Waals surface area contributed by atoms with Crippen LogP contribution in [0.25, 0.3) is 0 Å². The van der Waals surface area contributed by atoms with Crippen LogP contribution in [-0.2, 0) is 20.0 Å². The van der Waals surface area contributed by atoms with Gasteiger partial charge in [-0.1, -0.05) is 6.07 Å². The molecule has 1 amide bonds. The second kappa shape index (κ2) is 8.74. The van der Waals surface area contributed by atoms with E-state index in [0.29, 0.717) is 22.5 Å². The van der Waals surface area contributed by atoms with Crippen molar-refractivity contribution in [3.8, 4) is 0 Å². The molecule has 9 nitrogen and oxygen atoms in total. The Morgan fingerprint density at radius 1 is 0.903 bits per heavy atom. The van der Waals surface area contributed by atoms with Crippen LogP contribution in [0.4, 0.5) is 17.2 Å². The summed E-state index contributed by atoms with van der Waals surface area (Å²) in [4.78, 5) is 16.4. The fourth-order valence-electron chi connectivity index (χ4n) is 2.66. The van der Waals surface area contributed by atoms with Crippen molar-refractivity contribution >= 4 is 43.1 Å². The largest absolute Gasteiger partial charge is 0.322 e. The monoisotopic (exact) mass is 460 g/mol. The molecule has 0 fully saturated rings. The van der Waals surface area contributed by atoms with E-state index in [1.54, 1.807) is 25.1 Å². The van der Waals surface area contributed by atoms with Crippen LogP contribution >= 0.6 is 0 Å². The third-order valence-electron chi connectivity index (χ3n) is 4.11. The van der Waals surface area contributed by atoms with Gasteiger partial charge in [-0.15, -0.1) is 0 Å². The first-order valence-corrected chi connectivity index (χ1v) is 12.3. The van der Waals surface area contributed by atoms with Gasteiger partial charge in [0.25, 0.3) is 15.9 Å². The molecule has 0 unspecified atom stereocenters. The highest BCUT2D eigenvalue weighted by atomic mass is 32.2. The average molecular weight is 461 g/mol. The van der Waals surface area contributed by atoms with Gasteiger partial charge in [0.2, 0.25) is 10.0 Å². The molecule has 3 aromatic rings. The van der Waals surface area contributed by atoms with Crippen LogP contribution in [0.1, 0.15) is 15.9 Å². The van der Waals surface area contributed by atoms with Crippen LogP contribution in [-0.4, -0.2) is 34.0 Å². The predicted octanol–water partition coefficient (Wildman–Crippen LogP) is 2.81. The van der Waals surface area contributed by atoms with Crippen LogP contribution in [0.5, 0.6) is 0 Å². The van der Waals surface area contributed by atoms with E-state index in [2.05, 4.69) is 19.7 Å². The standard InChI is InChI=1S/C20H20N4O5S2/c1-14-13-15(6-11-18(14)23-30(2,26)27)20(25)22-16-7-9-17(10-8-16)31(28,29)24-19-5-3-4-12-21-19/h3-13,23H,1-2H3,(H,21,24)(H,22,25). The number of carbonyl (C=O) groups excluding carboxylic acids is 1. The van der Waals surface area contributed by atoms with Gasteiger partial charge in [-0.05, 0) is 67.1 Å². The summed E-state index contributed by atoms with van der Waals surface area (Å²) in [6, 6.07) is 15.1. The number of anilines is 3. The van der Waals surface area contributed by atoms with Crippen molar-refractivity contribution in [1.82, 2.24) is 4.98 Å². The fourth-order valence-corrected chi connectivity index (χ4v) is 4.30. The normalized spacial score (nSPS) is 11.5. The molecule has 3 N–H and O–H groups in total. The second-order valence-corrected chi connectivity index (χ2v) is 10.1. The molecular formula is C20H20N4O5S2. The van der Waals surface area contributed by atoms with E-state index in [1.165, 1.54) is 48.7 Å². The van der Waals surface area contributed by atoms with Crippen LogP contribution in [0.2, 0.25) is 0 Å². The van der Waals surface area contributed by atoms with Crippen LogP contribution in [0, 0.1) is 6.92 Å². The van der Waals surface area contributed by atoms with Gasteiger partial charge in [0, 0.05) is 17.4 Å². The number of carbonyl (C=O) groups is 1. The lowest BCUT2D eigenvalue weighted by Gasteiger charge is -2.11. The second-order valence-electron chi connectivity index (χ2n) is 6.70. The summed E-state index contributed by atoms with van der Waals surface area (Å²) >= 11 is 0. The van der Waals surface area contributed by atoms with Crippen molar-refractivity contribution < 1.29 is 21.6 Å². The molecule has 11 heteroatoms. The van der Waals surface area contributed by atoms with Gasteiger partial charge in [0.15, 0.2) is 0 Å². The predicted molar refractivity (Wildman–Crippen MR) is 119 cm³/mol. The molecule has 0 aliphatic heterocycles. The van der Waals surface area contributed by atoms with Crippen LogP contribution in [0.15, 0.2) is 71.8 Å². The molecule has 0 saturated heterocycles. The minimum Gasteiger partial charge on any atom is -0.322 e. The van der Waals surface area contributed by atoms with E-state index in [9.17, 15) is 21.6 Å². The molecule has 0 radical (unpaired) electrons. The number of sulfonamides is 2. The van der Waals surface area contributed by atoms with E-state index in [4.69, 9.17) is 0 Å². The Kier molecular flexibility index (Phi) is 6.27. The molecule has 1 heterocycles. The molecule has 31 heavy (non-hydrogen) atoms. The molecule has 162 valence electrons. The van der Waals surface area contributed by atoms with Crippen molar-refractivity contribution in [2.45, 2.75) is 11.8 Å². The molecule has 1 aromatic heterocycles. The molecule has 0 bridgehead atoms. The van der Waals surface area contributed by atoms with Gasteiger partial charge < -0.3 is 5.32 Å². The van der Waals surface area contributed by atoms with Crippen LogP contribution < -0.4 is 14.8 Å². The van der Waals surface area contributed by atoms with Gasteiger partial charge >= 0.3 is 0 Å². The molecule has 0 spiro atoms. The summed E-state index contributed by atoms with van der Waals surface area (Å²) in [7, 11) is -7.24. The minimum atomic E-state index is -3.82. The maximum absolute atomic E-state index is 12.5. The maximum atomic E-state index is 12.5. The first-order valence-electron chi connectivity index (χ1n) is 8.97. The summed E-state index contributed by atoms with van der Waals surface area (Å²) < 4.78 is 52.4. The summed E-state index contributed by atoms with van der Waals surface area (Å²) in [5.41, 5.74) is 1.69. The molecule has 3 rings (SSSR count). The molecule has 0 aliphatic carbocycles. The smallest absolute Gasteiger partial charge is 0.263 e. The van der Waals surface area contributed by atoms with Gasteiger partial charge in [0.05, 0.1) is 16.8 Å². The van der Waals surface area contributed by atoms with E-state index in [0.717, 1.165) is 6.26 Å². The number of rotatable bonds is 7. The molecule has 2 aromatic carbocycles. The van der Waals surface area contributed by atoms with Gasteiger partial charge in [0.1, 0.15) is 5.82 Å². The number of benzene rings is 2. The van der Waals surface area contributed by atoms with E-state index < -0.39 is 26.0 Å². The minimum absolute atomic E-state index is 0.0169. The maximum Gasteiger partial charge on any atom is 0.263 e. The Bertz CT molecular complexity index is 1310. The molecule has 0 aliphatic rings. The number of amides is 1. The highest BCUT2D eigenvalue weighted by molar-refractivity contribution is 7.92. The van der Waals surface area contributed by atoms with Crippen molar-refractivity contribution in [2.24, 2.45) is 0 Å². The number of aryl methyl sites for hydroxylation is 1. The lowest BCUT2D eigenvalue weighted by atomic mass is 10.1. The summed E-state index contributed by atoms with van der Waals surface area (Å²) in [5, 5.41) is 2.68. The topological polar surface area (TPSA) is 134 Å². The molecule has 0 saturated carbocycles. The zero-order chi connectivity index (χ0) is 22.6. The van der Waals surface area contributed by atoms with Gasteiger partial charge in [-0.25, -0.2) is 21.8 Å². The first kappa shape index (κ1) is 22.2. The average Bonchev–Trinajstić information content (AvgIpc) is 2.69. The van der Waals surface area contributed by atoms with Crippen molar-refractivity contribution in [3.63, 3.8) is 0 Å². The van der Waals surface area contributed by atoms with Crippen molar-refractivity contribution in [2.75, 3.05) is 21.0 Å². The highest BCUT2D eigenvalue weighted by Gasteiger charge is 2.15. The Balaban J connectivity index is 1.71. The van der Waals surface area contributed by atoms with E-state index >= 15 is 0 Å². The van der Waals surface area contributed by atoms with Crippen molar-refractivity contribution in [3.05, 3.63) is 78.0 Å².